The highest BCUT2D eigenvalue weighted by Gasteiger charge is 2.65. The van der Waals surface area contributed by atoms with Crippen molar-refractivity contribution in [3.63, 3.8) is 0 Å². The molecule has 1 aromatic carbocycles. The zero-order valence-electron chi connectivity index (χ0n) is 15.1. The number of ether oxygens (including phenoxy) is 1. The molecule has 0 heterocycles. The average Bonchev–Trinajstić information content (AvgIpc) is 3.44. The van der Waals surface area contributed by atoms with E-state index in [0.717, 1.165) is 23.4 Å². The molecule has 3 heteroatoms. The minimum Gasteiger partial charge on any atom is -0.497 e. The molecule has 0 aromatic heterocycles. The third kappa shape index (κ3) is 2.45. The van der Waals surface area contributed by atoms with Crippen LogP contribution in [0.4, 0.5) is 0 Å². The highest BCUT2D eigenvalue weighted by Crippen LogP contribution is 2.68. The van der Waals surface area contributed by atoms with E-state index >= 15 is 0 Å². The molecule has 3 aliphatic rings. The molecule has 1 aromatic rings. The van der Waals surface area contributed by atoms with Crippen molar-refractivity contribution in [2.75, 3.05) is 7.11 Å². The number of carbonyl (C=O) groups excluding carboxylic acids is 1. The van der Waals surface area contributed by atoms with Gasteiger partial charge in [0.05, 0.1) is 13.2 Å². The second kappa shape index (κ2) is 5.37. The summed E-state index contributed by atoms with van der Waals surface area (Å²) in [5, 5.41) is 3.72. The van der Waals surface area contributed by atoms with Gasteiger partial charge >= 0.3 is 0 Å². The fraction of sp³-hybridized carbons (Fsp3) is 0.571. The molecule has 0 amide bonds. The van der Waals surface area contributed by atoms with E-state index in [2.05, 4.69) is 38.2 Å². The quantitative estimate of drug-likeness (QED) is 0.822. The van der Waals surface area contributed by atoms with Gasteiger partial charge in [-0.1, -0.05) is 26.0 Å². The Morgan fingerprint density at radius 3 is 2.46 bits per heavy atom. The number of allylic oxidation sites excluding steroid dienone is 2. The number of Topliss-reactive ketones (excluding diaryl/α,β-unsaturated/α-hetero) is 1. The Morgan fingerprint density at radius 1 is 1.25 bits per heavy atom. The van der Waals surface area contributed by atoms with E-state index in [-0.39, 0.29) is 0 Å². The van der Waals surface area contributed by atoms with E-state index in [9.17, 15) is 4.79 Å². The van der Waals surface area contributed by atoms with Crippen molar-refractivity contribution < 1.29 is 9.53 Å². The van der Waals surface area contributed by atoms with Crippen LogP contribution >= 0.6 is 0 Å². The first-order chi connectivity index (χ1) is 11.4. The molecule has 3 nitrogen and oxygen atoms in total. The molecule has 0 aliphatic heterocycles. The first-order valence-electron chi connectivity index (χ1n) is 9.08. The molecular formula is C21H27NO2. The van der Waals surface area contributed by atoms with Crippen LogP contribution in [0.15, 0.2) is 35.5 Å². The molecule has 128 valence electrons. The Labute approximate surface area is 144 Å². The van der Waals surface area contributed by atoms with Gasteiger partial charge in [0.2, 0.25) is 0 Å². The summed E-state index contributed by atoms with van der Waals surface area (Å²) in [7, 11) is 1.69. The van der Waals surface area contributed by atoms with Gasteiger partial charge in [-0.15, -0.1) is 0 Å². The van der Waals surface area contributed by atoms with Crippen LogP contribution in [0.1, 0.15) is 51.6 Å². The molecule has 3 aliphatic carbocycles. The van der Waals surface area contributed by atoms with Crippen LogP contribution in [0.2, 0.25) is 0 Å². The van der Waals surface area contributed by atoms with Crippen molar-refractivity contribution in [3.05, 3.63) is 41.1 Å². The molecule has 24 heavy (non-hydrogen) atoms. The van der Waals surface area contributed by atoms with Crippen molar-refractivity contribution >= 4 is 5.78 Å². The van der Waals surface area contributed by atoms with E-state index in [0.29, 0.717) is 35.0 Å². The third-order valence-electron chi connectivity index (χ3n) is 6.41. The Balaban J connectivity index is 1.59. The second-order valence-electron chi connectivity index (χ2n) is 8.30. The Bertz CT molecular complexity index is 697. The van der Waals surface area contributed by atoms with E-state index in [1.54, 1.807) is 7.11 Å². The first-order valence-corrected chi connectivity index (χ1v) is 9.08. The molecule has 0 bridgehead atoms. The van der Waals surface area contributed by atoms with Crippen molar-refractivity contribution in [2.45, 2.75) is 46.1 Å². The standard InChI is InChI=1S/C21H27NO2/c1-12(18-17(23)11-16-19(18)21(16,2)3)22-20(13-5-6-13)14-7-9-15(24-4)10-8-14/h7-10,13,16,19-20,22H,5-6,11H2,1-4H3/t16-,19-,20?/m1/s1. The minimum atomic E-state index is 0.303. The Kier molecular flexibility index (Phi) is 3.52. The van der Waals surface area contributed by atoms with Gasteiger partial charge in [0.25, 0.3) is 0 Å². The maximum absolute atomic E-state index is 12.4. The van der Waals surface area contributed by atoms with Crippen molar-refractivity contribution in [1.82, 2.24) is 5.32 Å². The number of hydrogen-bond acceptors (Lipinski definition) is 3. The summed E-state index contributed by atoms with van der Waals surface area (Å²) in [4.78, 5) is 12.4. The predicted molar refractivity (Wildman–Crippen MR) is 94.7 cm³/mol. The van der Waals surface area contributed by atoms with Crippen LogP contribution in [0.5, 0.6) is 5.75 Å². The predicted octanol–water partition coefficient (Wildman–Crippen LogP) is 4.25. The number of carbonyl (C=O) groups is 1. The lowest BCUT2D eigenvalue weighted by molar-refractivity contribution is -0.115. The molecule has 1 N–H and O–H groups in total. The molecule has 4 rings (SSSR count). The first kappa shape index (κ1) is 15.7. The zero-order valence-corrected chi connectivity index (χ0v) is 15.1. The molecule has 3 saturated carbocycles. The zero-order chi connectivity index (χ0) is 17.1. The second-order valence-corrected chi connectivity index (χ2v) is 8.30. The largest absolute Gasteiger partial charge is 0.497 e. The maximum Gasteiger partial charge on any atom is 0.161 e. The molecule has 0 spiro atoms. The highest BCUT2D eigenvalue weighted by molar-refractivity contribution is 6.01. The van der Waals surface area contributed by atoms with Gasteiger partial charge in [-0.05, 0) is 60.6 Å². The summed E-state index contributed by atoms with van der Waals surface area (Å²) in [6, 6.07) is 8.64. The van der Waals surface area contributed by atoms with Crippen LogP contribution in [0, 0.1) is 23.2 Å². The average molecular weight is 325 g/mol. The summed E-state index contributed by atoms with van der Waals surface area (Å²) in [5.74, 6) is 2.95. The Hall–Kier alpha value is -1.77. The lowest BCUT2D eigenvalue weighted by Gasteiger charge is -2.23. The summed E-state index contributed by atoms with van der Waals surface area (Å²) in [6.45, 7) is 6.69. The normalized spacial score (nSPS) is 30.6. The summed E-state index contributed by atoms with van der Waals surface area (Å²) < 4.78 is 5.27. The summed E-state index contributed by atoms with van der Waals surface area (Å²) >= 11 is 0. The molecule has 1 unspecified atom stereocenters. The number of ketones is 1. The number of benzene rings is 1. The van der Waals surface area contributed by atoms with Gasteiger partial charge in [0.15, 0.2) is 5.78 Å². The number of fused-ring (bicyclic) bond motifs is 1. The van der Waals surface area contributed by atoms with Crippen LogP contribution in [-0.4, -0.2) is 12.9 Å². The molecular weight excluding hydrogens is 298 g/mol. The third-order valence-corrected chi connectivity index (χ3v) is 6.41. The van der Waals surface area contributed by atoms with Crippen LogP contribution in [-0.2, 0) is 4.79 Å². The van der Waals surface area contributed by atoms with Crippen LogP contribution in [0.3, 0.4) is 0 Å². The number of nitrogens with one attached hydrogen (secondary N) is 1. The lowest BCUT2D eigenvalue weighted by Crippen LogP contribution is -2.24. The summed E-state index contributed by atoms with van der Waals surface area (Å²) in [6.07, 6.45) is 3.26. The molecule has 3 atom stereocenters. The topological polar surface area (TPSA) is 38.3 Å². The van der Waals surface area contributed by atoms with E-state index in [1.165, 1.54) is 18.4 Å². The van der Waals surface area contributed by atoms with E-state index in [4.69, 9.17) is 4.74 Å². The van der Waals surface area contributed by atoms with E-state index in [1.807, 2.05) is 12.1 Å². The van der Waals surface area contributed by atoms with Gasteiger partial charge in [-0.25, -0.2) is 0 Å². The minimum absolute atomic E-state index is 0.303. The van der Waals surface area contributed by atoms with E-state index < -0.39 is 0 Å². The molecule has 0 saturated heterocycles. The van der Waals surface area contributed by atoms with Crippen molar-refractivity contribution in [1.29, 1.82) is 0 Å². The van der Waals surface area contributed by atoms with Crippen molar-refractivity contribution in [3.8, 4) is 5.75 Å². The molecule has 0 radical (unpaired) electrons. The number of methoxy groups -OCH3 is 1. The number of rotatable bonds is 5. The monoisotopic (exact) mass is 325 g/mol. The van der Waals surface area contributed by atoms with Gasteiger partial charge in [0, 0.05) is 17.7 Å². The van der Waals surface area contributed by atoms with Crippen LogP contribution < -0.4 is 10.1 Å². The lowest BCUT2D eigenvalue weighted by atomic mass is 9.94. The fourth-order valence-corrected chi connectivity index (χ4v) is 4.65. The maximum atomic E-state index is 12.4. The summed E-state index contributed by atoms with van der Waals surface area (Å²) in [5.41, 5.74) is 3.77. The SMILES string of the molecule is COc1ccc(C(NC(C)=C2C(=O)C[C@@H]3[C@H]2C3(C)C)C2CC2)cc1. The van der Waals surface area contributed by atoms with Gasteiger partial charge < -0.3 is 10.1 Å². The van der Waals surface area contributed by atoms with Gasteiger partial charge in [0.1, 0.15) is 5.75 Å². The van der Waals surface area contributed by atoms with Gasteiger partial charge in [-0.2, -0.15) is 0 Å². The Morgan fingerprint density at radius 2 is 1.92 bits per heavy atom. The highest BCUT2D eigenvalue weighted by atomic mass is 16.5. The molecule has 3 fully saturated rings. The van der Waals surface area contributed by atoms with Crippen LogP contribution in [0.25, 0.3) is 0 Å². The number of hydrogen-bond donors (Lipinski definition) is 1. The fourth-order valence-electron chi connectivity index (χ4n) is 4.65. The van der Waals surface area contributed by atoms with Gasteiger partial charge in [-0.3, -0.25) is 4.79 Å². The van der Waals surface area contributed by atoms with Crippen molar-refractivity contribution in [2.24, 2.45) is 23.2 Å². The smallest absolute Gasteiger partial charge is 0.161 e.